The first kappa shape index (κ1) is 17.7. The van der Waals surface area contributed by atoms with Gasteiger partial charge < -0.3 is 10.1 Å². The van der Waals surface area contributed by atoms with Crippen LogP contribution in [0.2, 0.25) is 10.0 Å². The molecule has 0 saturated heterocycles. The summed E-state index contributed by atoms with van der Waals surface area (Å²) >= 11 is 12.0. The minimum absolute atomic E-state index is 0.645. The second kappa shape index (κ2) is 8.80. The molecular formula is C21H19Cl2NO. The molecule has 0 aliphatic heterocycles. The summed E-state index contributed by atoms with van der Waals surface area (Å²) in [5, 5.41) is 4.64. The number of benzene rings is 3. The van der Waals surface area contributed by atoms with Gasteiger partial charge in [0.2, 0.25) is 0 Å². The number of hydrogen-bond acceptors (Lipinski definition) is 2. The van der Waals surface area contributed by atoms with E-state index < -0.39 is 0 Å². The third-order valence-electron chi connectivity index (χ3n) is 3.78. The Balaban J connectivity index is 1.48. The first-order valence-corrected chi connectivity index (χ1v) is 8.90. The molecule has 0 aromatic heterocycles. The molecule has 0 aliphatic carbocycles. The molecule has 3 aromatic rings. The summed E-state index contributed by atoms with van der Waals surface area (Å²) in [6.07, 6.45) is 0.899. The summed E-state index contributed by atoms with van der Waals surface area (Å²) in [5.74, 6) is 0.868. The van der Waals surface area contributed by atoms with Gasteiger partial charge in [-0.05, 0) is 53.6 Å². The van der Waals surface area contributed by atoms with Crippen molar-refractivity contribution in [2.75, 3.05) is 11.9 Å². The largest absolute Gasteiger partial charge is 0.493 e. The predicted octanol–water partition coefficient (Wildman–Crippen LogP) is 6.23. The molecule has 2 nitrogen and oxygen atoms in total. The summed E-state index contributed by atoms with van der Waals surface area (Å²) in [4.78, 5) is 0. The molecule has 0 fully saturated rings. The van der Waals surface area contributed by atoms with Crippen LogP contribution in [0.25, 0.3) is 0 Å². The molecular weight excluding hydrogens is 353 g/mol. The van der Waals surface area contributed by atoms with Crippen LogP contribution in [-0.2, 0) is 13.0 Å². The van der Waals surface area contributed by atoms with Crippen LogP contribution in [0.5, 0.6) is 5.75 Å². The smallest absolute Gasteiger partial charge is 0.119 e. The maximum absolute atomic E-state index is 6.02. The second-order valence-electron chi connectivity index (χ2n) is 5.74. The van der Waals surface area contributed by atoms with Crippen molar-refractivity contribution >= 4 is 28.9 Å². The first-order valence-electron chi connectivity index (χ1n) is 8.15. The number of anilines is 1. The lowest BCUT2D eigenvalue weighted by molar-refractivity contribution is 0.322. The van der Waals surface area contributed by atoms with Crippen molar-refractivity contribution in [2.24, 2.45) is 0 Å². The molecule has 0 heterocycles. The zero-order chi connectivity index (χ0) is 17.5. The summed E-state index contributed by atoms with van der Waals surface area (Å²) in [6, 6.07) is 23.8. The zero-order valence-electron chi connectivity index (χ0n) is 13.7. The Morgan fingerprint density at radius 2 is 1.44 bits per heavy atom. The SMILES string of the molecule is Clc1cc(Cl)cc(CNc2ccc(OCCc3ccccc3)cc2)c1. The van der Waals surface area contributed by atoms with E-state index in [1.807, 2.05) is 54.6 Å². The van der Waals surface area contributed by atoms with Crippen LogP contribution in [0, 0.1) is 0 Å². The second-order valence-corrected chi connectivity index (χ2v) is 6.61. The molecule has 3 rings (SSSR count). The Bertz CT molecular complexity index is 784. The van der Waals surface area contributed by atoms with Gasteiger partial charge in [-0.3, -0.25) is 0 Å². The van der Waals surface area contributed by atoms with Crippen LogP contribution < -0.4 is 10.1 Å². The number of ether oxygens (including phenoxy) is 1. The van der Waals surface area contributed by atoms with Gasteiger partial charge >= 0.3 is 0 Å². The normalized spacial score (nSPS) is 10.5. The molecule has 4 heteroatoms. The number of halogens is 2. The van der Waals surface area contributed by atoms with Gasteiger partial charge in [-0.15, -0.1) is 0 Å². The van der Waals surface area contributed by atoms with E-state index in [2.05, 4.69) is 17.4 Å². The summed E-state index contributed by atoms with van der Waals surface area (Å²) in [5.41, 5.74) is 3.34. The molecule has 128 valence electrons. The van der Waals surface area contributed by atoms with Crippen LogP contribution in [0.1, 0.15) is 11.1 Å². The van der Waals surface area contributed by atoms with E-state index in [0.717, 1.165) is 23.4 Å². The van der Waals surface area contributed by atoms with Gasteiger partial charge in [0.05, 0.1) is 6.61 Å². The van der Waals surface area contributed by atoms with Gasteiger partial charge in [0.15, 0.2) is 0 Å². The van der Waals surface area contributed by atoms with E-state index in [1.165, 1.54) is 5.56 Å². The van der Waals surface area contributed by atoms with E-state index in [0.29, 0.717) is 23.2 Å². The van der Waals surface area contributed by atoms with Crippen LogP contribution in [-0.4, -0.2) is 6.61 Å². The minimum Gasteiger partial charge on any atom is -0.493 e. The molecule has 0 unspecified atom stereocenters. The standard InChI is InChI=1S/C21H19Cl2NO/c22-18-12-17(13-19(23)14-18)15-24-20-6-8-21(9-7-20)25-11-10-16-4-2-1-3-5-16/h1-9,12-14,24H,10-11,15H2. The third-order valence-corrected chi connectivity index (χ3v) is 4.21. The minimum atomic E-state index is 0.645. The molecule has 0 amide bonds. The van der Waals surface area contributed by atoms with Crippen LogP contribution in [0.3, 0.4) is 0 Å². The highest BCUT2D eigenvalue weighted by molar-refractivity contribution is 6.34. The quantitative estimate of drug-likeness (QED) is 0.531. The Labute approximate surface area is 158 Å². The van der Waals surface area contributed by atoms with Crippen molar-refractivity contribution in [3.05, 3.63) is 94.0 Å². The maximum atomic E-state index is 6.02. The lowest BCUT2D eigenvalue weighted by atomic mass is 10.2. The van der Waals surface area contributed by atoms with Crippen molar-refractivity contribution in [1.82, 2.24) is 0 Å². The van der Waals surface area contributed by atoms with Crippen molar-refractivity contribution in [3.8, 4) is 5.75 Å². The lowest BCUT2D eigenvalue weighted by Gasteiger charge is -2.10. The Hall–Kier alpha value is -2.16. The Kier molecular flexibility index (Phi) is 6.21. The van der Waals surface area contributed by atoms with E-state index in [9.17, 15) is 0 Å². The van der Waals surface area contributed by atoms with Crippen molar-refractivity contribution in [3.63, 3.8) is 0 Å². The predicted molar refractivity (Wildman–Crippen MR) is 106 cm³/mol. The zero-order valence-corrected chi connectivity index (χ0v) is 15.2. The average Bonchev–Trinajstić information content (AvgIpc) is 2.61. The maximum Gasteiger partial charge on any atom is 0.119 e. The fraction of sp³-hybridized carbons (Fsp3) is 0.143. The van der Waals surface area contributed by atoms with Gasteiger partial charge in [0.1, 0.15) is 5.75 Å². The van der Waals surface area contributed by atoms with E-state index in [-0.39, 0.29) is 0 Å². The topological polar surface area (TPSA) is 21.3 Å². The fourth-order valence-electron chi connectivity index (χ4n) is 2.52. The molecule has 0 spiro atoms. The molecule has 0 atom stereocenters. The highest BCUT2D eigenvalue weighted by atomic mass is 35.5. The molecule has 25 heavy (non-hydrogen) atoms. The van der Waals surface area contributed by atoms with E-state index in [1.54, 1.807) is 6.07 Å². The van der Waals surface area contributed by atoms with Gasteiger partial charge in [0.25, 0.3) is 0 Å². The molecule has 0 saturated carbocycles. The van der Waals surface area contributed by atoms with Gasteiger partial charge in [-0.1, -0.05) is 53.5 Å². The number of hydrogen-bond donors (Lipinski definition) is 1. The summed E-state index contributed by atoms with van der Waals surface area (Å²) < 4.78 is 5.80. The number of rotatable bonds is 7. The molecule has 1 N–H and O–H groups in total. The van der Waals surface area contributed by atoms with Crippen LogP contribution in [0.15, 0.2) is 72.8 Å². The summed E-state index contributed by atoms with van der Waals surface area (Å²) in [6.45, 7) is 1.33. The molecule has 0 bridgehead atoms. The Morgan fingerprint density at radius 1 is 0.760 bits per heavy atom. The summed E-state index contributed by atoms with van der Waals surface area (Å²) in [7, 11) is 0. The van der Waals surface area contributed by atoms with Crippen molar-refractivity contribution in [1.29, 1.82) is 0 Å². The van der Waals surface area contributed by atoms with Crippen LogP contribution in [0.4, 0.5) is 5.69 Å². The third kappa shape index (κ3) is 5.70. The van der Waals surface area contributed by atoms with Crippen molar-refractivity contribution < 1.29 is 4.74 Å². The monoisotopic (exact) mass is 371 g/mol. The molecule has 0 radical (unpaired) electrons. The van der Waals surface area contributed by atoms with Gasteiger partial charge in [-0.2, -0.15) is 0 Å². The van der Waals surface area contributed by atoms with E-state index in [4.69, 9.17) is 27.9 Å². The van der Waals surface area contributed by atoms with Crippen molar-refractivity contribution in [2.45, 2.75) is 13.0 Å². The fourth-order valence-corrected chi connectivity index (χ4v) is 3.09. The number of nitrogens with one attached hydrogen (secondary N) is 1. The first-order chi connectivity index (χ1) is 12.2. The highest BCUT2D eigenvalue weighted by Gasteiger charge is 2.00. The average molecular weight is 372 g/mol. The van der Waals surface area contributed by atoms with Gasteiger partial charge in [-0.25, -0.2) is 0 Å². The lowest BCUT2D eigenvalue weighted by Crippen LogP contribution is -2.02. The van der Waals surface area contributed by atoms with E-state index >= 15 is 0 Å². The van der Waals surface area contributed by atoms with Gasteiger partial charge in [0, 0.05) is 28.7 Å². The molecule has 0 aliphatic rings. The Morgan fingerprint density at radius 3 is 2.12 bits per heavy atom. The highest BCUT2D eigenvalue weighted by Crippen LogP contribution is 2.21. The molecule has 3 aromatic carbocycles. The van der Waals surface area contributed by atoms with Crippen LogP contribution >= 0.6 is 23.2 Å².